The summed E-state index contributed by atoms with van der Waals surface area (Å²) in [5.74, 6) is 0. The molecular formula is C30H32N4. The van der Waals surface area contributed by atoms with Crippen molar-refractivity contribution in [1.82, 2.24) is 0 Å². The van der Waals surface area contributed by atoms with Crippen molar-refractivity contribution in [2.75, 3.05) is 11.4 Å². The predicted molar refractivity (Wildman–Crippen MR) is 139 cm³/mol. The number of unbranched alkanes of at least 4 members (excludes halogenated alkanes) is 4. The van der Waals surface area contributed by atoms with Crippen LogP contribution in [0.3, 0.4) is 0 Å². The maximum atomic E-state index is 9.96. The van der Waals surface area contributed by atoms with Crippen LogP contribution in [0.4, 0.5) is 5.69 Å². The minimum absolute atomic E-state index is 0.0530. The third-order valence-electron chi connectivity index (χ3n) is 6.47. The quantitative estimate of drug-likeness (QED) is 0.231. The normalized spacial score (nSPS) is 14.0. The van der Waals surface area contributed by atoms with E-state index in [9.17, 15) is 15.8 Å². The fraction of sp³-hybridized carbons (Fsp3) is 0.367. The maximum Gasteiger partial charge on any atom is 0.138 e. The van der Waals surface area contributed by atoms with Crippen molar-refractivity contribution in [3.63, 3.8) is 0 Å². The van der Waals surface area contributed by atoms with E-state index in [0.717, 1.165) is 18.5 Å². The van der Waals surface area contributed by atoms with Gasteiger partial charge in [-0.25, -0.2) is 0 Å². The Morgan fingerprint density at radius 1 is 0.941 bits per heavy atom. The molecule has 0 unspecified atom stereocenters. The van der Waals surface area contributed by atoms with Gasteiger partial charge in [0, 0.05) is 23.3 Å². The number of allylic oxidation sites excluding steroid dienone is 3. The lowest BCUT2D eigenvalue weighted by atomic mass is 9.92. The molecule has 2 aromatic rings. The smallest absolute Gasteiger partial charge is 0.138 e. The van der Waals surface area contributed by atoms with Crippen molar-refractivity contribution in [2.45, 2.75) is 64.8 Å². The van der Waals surface area contributed by atoms with E-state index in [-0.39, 0.29) is 11.1 Å². The van der Waals surface area contributed by atoms with Gasteiger partial charge in [-0.3, -0.25) is 0 Å². The lowest BCUT2D eigenvalue weighted by molar-refractivity contribution is 0.473. The fourth-order valence-corrected chi connectivity index (χ4v) is 4.79. The third-order valence-corrected chi connectivity index (χ3v) is 6.47. The molecule has 1 aliphatic heterocycles. The van der Waals surface area contributed by atoms with Gasteiger partial charge in [-0.2, -0.15) is 15.8 Å². The number of hydrogen-bond donors (Lipinski definition) is 0. The van der Waals surface area contributed by atoms with Crippen LogP contribution in [0.1, 0.15) is 69.6 Å². The first kappa shape index (κ1) is 24.8. The van der Waals surface area contributed by atoms with Crippen molar-refractivity contribution in [2.24, 2.45) is 0 Å². The number of nitrogens with zero attached hydrogens (tertiary/aromatic N) is 4. The summed E-state index contributed by atoms with van der Waals surface area (Å²) < 4.78 is 0. The summed E-state index contributed by atoms with van der Waals surface area (Å²) in [6.45, 7) is 7.87. The first-order valence-electron chi connectivity index (χ1n) is 12.1. The van der Waals surface area contributed by atoms with E-state index in [1.807, 2.05) is 48.5 Å². The van der Waals surface area contributed by atoms with Gasteiger partial charge in [0.2, 0.25) is 0 Å². The van der Waals surface area contributed by atoms with Gasteiger partial charge >= 0.3 is 0 Å². The van der Waals surface area contributed by atoms with Crippen LogP contribution in [0.5, 0.6) is 0 Å². The monoisotopic (exact) mass is 448 g/mol. The van der Waals surface area contributed by atoms with Gasteiger partial charge < -0.3 is 4.90 Å². The van der Waals surface area contributed by atoms with E-state index in [1.165, 1.54) is 43.4 Å². The average molecular weight is 449 g/mol. The SMILES string of the molecule is CCCCCCCN1c2ccc(/C=C(/C#N)C(=C(C#N)C#N)c3ccccc3)cc2CC1(C)C. The highest BCUT2D eigenvalue weighted by Gasteiger charge is 2.35. The Morgan fingerprint density at radius 2 is 1.65 bits per heavy atom. The molecule has 0 spiro atoms. The zero-order valence-electron chi connectivity index (χ0n) is 20.4. The van der Waals surface area contributed by atoms with Gasteiger partial charge in [0.1, 0.15) is 17.7 Å². The van der Waals surface area contributed by atoms with Crippen molar-refractivity contribution >= 4 is 17.3 Å². The summed E-state index contributed by atoms with van der Waals surface area (Å²) >= 11 is 0. The van der Waals surface area contributed by atoms with E-state index in [0.29, 0.717) is 16.7 Å². The molecule has 172 valence electrons. The number of nitriles is 3. The highest BCUT2D eigenvalue weighted by molar-refractivity contribution is 5.93. The molecule has 0 aliphatic carbocycles. The minimum Gasteiger partial charge on any atom is -0.366 e. The summed E-state index contributed by atoms with van der Waals surface area (Å²) in [4.78, 5) is 2.52. The molecule has 4 nitrogen and oxygen atoms in total. The largest absolute Gasteiger partial charge is 0.366 e. The van der Waals surface area contributed by atoms with Crippen LogP contribution in [0.2, 0.25) is 0 Å². The van der Waals surface area contributed by atoms with Gasteiger partial charge in [-0.05, 0) is 61.6 Å². The Hall–Kier alpha value is -3.81. The molecule has 0 bridgehead atoms. The lowest BCUT2D eigenvalue weighted by Crippen LogP contribution is -2.41. The van der Waals surface area contributed by atoms with Crippen LogP contribution in [0, 0.1) is 34.0 Å². The van der Waals surface area contributed by atoms with Crippen LogP contribution in [0.25, 0.3) is 11.6 Å². The third kappa shape index (κ3) is 5.57. The highest BCUT2D eigenvalue weighted by Crippen LogP contribution is 2.40. The molecule has 0 fully saturated rings. The average Bonchev–Trinajstić information content (AvgIpc) is 3.10. The van der Waals surface area contributed by atoms with Crippen molar-refractivity contribution in [3.8, 4) is 18.2 Å². The zero-order chi connectivity index (χ0) is 24.6. The van der Waals surface area contributed by atoms with E-state index < -0.39 is 0 Å². The molecule has 0 atom stereocenters. The molecule has 4 heteroatoms. The summed E-state index contributed by atoms with van der Waals surface area (Å²) in [5.41, 5.74) is 4.81. The molecule has 0 amide bonds. The van der Waals surface area contributed by atoms with Crippen molar-refractivity contribution in [3.05, 3.63) is 76.4 Å². The van der Waals surface area contributed by atoms with Gasteiger partial charge in [0.05, 0.1) is 11.6 Å². The Labute approximate surface area is 204 Å². The van der Waals surface area contributed by atoms with E-state index in [2.05, 4.69) is 43.9 Å². The minimum atomic E-state index is -0.0597. The Balaban J connectivity index is 1.94. The van der Waals surface area contributed by atoms with E-state index in [4.69, 9.17) is 0 Å². The maximum absolute atomic E-state index is 9.96. The standard InChI is InChI=1S/C30H32N4/c1-4-5-6-7-11-16-34-28-15-14-23(17-25(28)19-30(34,2)3)18-26(20-31)29(27(21-32)22-33)24-12-9-8-10-13-24/h8-10,12-15,17-18H,4-7,11,16,19H2,1-3H3/b26-18-. The zero-order valence-corrected chi connectivity index (χ0v) is 20.4. The van der Waals surface area contributed by atoms with Crippen LogP contribution in [-0.4, -0.2) is 12.1 Å². The van der Waals surface area contributed by atoms with Gasteiger partial charge in [0.25, 0.3) is 0 Å². The number of hydrogen-bond acceptors (Lipinski definition) is 4. The van der Waals surface area contributed by atoms with Crippen LogP contribution < -0.4 is 4.90 Å². The van der Waals surface area contributed by atoms with Crippen molar-refractivity contribution < 1.29 is 0 Å². The van der Waals surface area contributed by atoms with Gasteiger partial charge in [-0.1, -0.05) is 69.0 Å². The predicted octanol–water partition coefficient (Wildman–Crippen LogP) is 7.21. The molecule has 0 saturated carbocycles. The first-order chi connectivity index (χ1) is 16.4. The lowest BCUT2D eigenvalue weighted by Gasteiger charge is -2.34. The molecule has 0 saturated heterocycles. The number of fused-ring (bicyclic) bond motifs is 1. The molecule has 3 rings (SSSR count). The van der Waals surface area contributed by atoms with Crippen molar-refractivity contribution in [1.29, 1.82) is 15.8 Å². The van der Waals surface area contributed by atoms with Crippen LogP contribution in [0.15, 0.2) is 59.7 Å². The first-order valence-corrected chi connectivity index (χ1v) is 12.1. The van der Waals surface area contributed by atoms with Gasteiger partial charge in [-0.15, -0.1) is 0 Å². The van der Waals surface area contributed by atoms with E-state index >= 15 is 0 Å². The molecule has 1 aliphatic rings. The second-order valence-corrected chi connectivity index (χ2v) is 9.45. The number of benzene rings is 2. The molecule has 2 aromatic carbocycles. The molecule has 0 aromatic heterocycles. The topological polar surface area (TPSA) is 74.6 Å². The summed E-state index contributed by atoms with van der Waals surface area (Å²) in [5, 5.41) is 29.0. The molecule has 1 heterocycles. The molecule has 0 N–H and O–H groups in total. The number of rotatable bonds is 9. The second kappa shape index (κ2) is 11.4. The molecular weight excluding hydrogens is 416 g/mol. The van der Waals surface area contributed by atoms with E-state index in [1.54, 1.807) is 6.08 Å². The second-order valence-electron chi connectivity index (χ2n) is 9.45. The Bertz CT molecular complexity index is 1180. The Morgan fingerprint density at radius 3 is 2.29 bits per heavy atom. The highest BCUT2D eigenvalue weighted by atomic mass is 15.2. The Kier molecular flexibility index (Phi) is 8.29. The van der Waals surface area contributed by atoms with Crippen LogP contribution >= 0.6 is 0 Å². The number of anilines is 1. The fourth-order valence-electron chi connectivity index (χ4n) is 4.79. The molecule has 0 radical (unpaired) electrons. The summed E-state index contributed by atoms with van der Waals surface area (Å²) in [7, 11) is 0. The summed E-state index contributed by atoms with van der Waals surface area (Å²) in [6, 6.07) is 21.7. The van der Waals surface area contributed by atoms with Crippen LogP contribution in [-0.2, 0) is 6.42 Å². The summed E-state index contributed by atoms with van der Waals surface area (Å²) in [6.07, 6.45) is 9.04. The molecule has 34 heavy (non-hydrogen) atoms. The van der Waals surface area contributed by atoms with Gasteiger partial charge in [0.15, 0.2) is 0 Å².